The van der Waals surface area contributed by atoms with Crippen LogP contribution in [-0.2, 0) is 16.6 Å². The Hall–Kier alpha value is -4.89. The predicted molar refractivity (Wildman–Crippen MR) is 164 cm³/mol. The van der Waals surface area contributed by atoms with Crippen molar-refractivity contribution in [3.63, 3.8) is 0 Å². The molecule has 1 aliphatic rings. The van der Waals surface area contributed by atoms with E-state index in [2.05, 4.69) is 0 Å². The number of thiazole rings is 1. The number of aromatic nitrogens is 2. The zero-order chi connectivity index (χ0) is 29.4. The van der Waals surface area contributed by atoms with Gasteiger partial charge in [0, 0.05) is 46.9 Å². The van der Waals surface area contributed by atoms with Gasteiger partial charge in [-0.3, -0.25) is 9.36 Å². The van der Waals surface area contributed by atoms with Gasteiger partial charge in [-0.2, -0.15) is 0 Å². The summed E-state index contributed by atoms with van der Waals surface area (Å²) in [6, 6.07) is 22.0. The number of aryl methyl sites for hydroxylation is 1. The number of carbonyl (C=O) groups excluding carboxylic acids is 1. The summed E-state index contributed by atoms with van der Waals surface area (Å²) >= 11 is 1.29. The molecule has 2 aromatic heterocycles. The lowest BCUT2D eigenvalue weighted by Gasteiger charge is -2.27. The van der Waals surface area contributed by atoms with E-state index in [-0.39, 0.29) is 17.7 Å². The van der Waals surface area contributed by atoms with E-state index in [1.54, 1.807) is 37.8 Å². The van der Waals surface area contributed by atoms with E-state index < -0.39 is 12.0 Å². The van der Waals surface area contributed by atoms with E-state index in [9.17, 15) is 9.59 Å². The van der Waals surface area contributed by atoms with Crippen molar-refractivity contribution >= 4 is 40.0 Å². The monoisotopic (exact) mass is 579 g/mol. The Labute approximate surface area is 246 Å². The maximum absolute atomic E-state index is 14.3. The Bertz CT molecular complexity index is 2040. The van der Waals surface area contributed by atoms with Crippen molar-refractivity contribution in [1.82, 2.24) is 9.13 Å². The Kier molecular flexibility index (Phi) is 7.26. The molecule has 9 heteroatoms. The molecule has 0 amide bonds. The number of carbonyl (C=O) groups is 1. The molecule has 0 bridgehead atoms. The second kappa shape index (κ2) is 11.2. The fourth-order valence-corrected chi connectivity index (χ4v) is 6.40. The van der Waals surface area contributed by atoms with E-state index in [0.29, 0.717) is 32.1 Å². The Balaban J connectivity index is 1.68. The van der Waals surface area contributed by atoms with Gasteiger partial charge in [-0.25, -0.2) is 9.79 Å². The largest absolute Gasteiger partial charge is 0.497 e. The Morgan fingerprint density at radius 3 is 2.52 bits per heavy atom. The zero-order valence-electron chi connectivity index (χ0n) is 23.7. The maximum Gasteiger partial charge on any atom is 0.338 e. The molecule has 0 saturated heterocycles. The van der Waals surface area contributed by atoms with Crippen molar-refractivity contribution in [3.05, 3.63) is 121 Å². The minimum Gasteiger partial charge on any atom is -0.497 e. The molecule has 0 fully saturated rings. The van der Waals surface area contributed by atoms with Crippen LogP contribution in [0.15, 0.2) is 94.4 Å². The van der Waals surface area contributed by atoms with Gasteiger partial charge in [0.1, 0.15) is 17.5 Å². The molecule has 42 heavy (non-hydrogen) atoms. The van der Waals surface area contributed by atoms with Gasteiger partial charge in [0.05, 0.1) is 36.6 Å². The molecule has 212 valence electrons. The van der Waals surface area contributed by atoms with Crippen LogP contribution >= 0.6 is 11.3 Å². The number of benzene rings is 3. The summed E-state index contributed by atoms with van der Waals surface area (Å²) in [7, 11) is 5.10. The number of esters is 1. The normalized spacial score (nSPS) is 15.0. The van der Waals surface area contributed by atoms with Crippen molar-refractivity contribution in [1.29, 1.82) is 0 Å². The van der Waals surface area contributed by atoms with Gasteiger partial charge >= 0.3 is 5.97 Å². The molecule has 3 heterocycles. The number of para-hydroxylation sites is 1. The number of nitrogens with zero attached hydrogens (tertiary/aromatic N) is 3. The number of ether oxygens (including phenoxy) is 3. The number of rotatable bonds is 7. The molecule has 0 radical (unpaired) electrons. The molecule has 8 nitrogen and oxygen atoms in total. The quantitative estimate of drug-likeness (QED) is 0.266. The lowest BCUT2D eigenvalue weighted by atomic mass is 9.92. The number of methoxy groups -OCH3 is 2. The summed E-state index contributed by atoms with van der Waals surface area (Å²) in [5.41, 5.74) is 3.79. The highest BCUT2D eigenvalue weighted by atomic mass is 32.1. The number of hydrogen-bond acceptors (Lipinski definition) is 7. The topological polar surface area (TPSA) is 84.1 Å². The molecule has 6 rings (SSSR count). The van der Waals surface area contributed by atoms with Crippen molar-refractivity contribution in [2.24, 2.45) is 12.0 Å². The summed E-state index contributed by atoms with van der Waals surface area (Å²) in [6.45, 7) is 1.92. The van der Waals surface area contributed by atoms with E-state index in [4.69, 9.17) is 19.2 Å². The van der Waals surface area contributed by atoms with Gasteiger partial charge < -0.3 is 18.8 Å². The van der Waals surface area contributed by atoms with Crippen LogP contribution in [0.4, 0.5) is 0 Å². The molecule has 1 aliphatic heterocycles. The fourth-order valence-electron chi connectivity index (χ4n) is 5.41. The third kappa shape index (κ3) is 4.61. The Morgan fingerprint density at radius 1 is 1.02 bits per heavy atom. The van der Waals surface area contributed by atoms with E-state index >= 15 is 0 Å². The first kappa shape index (κ1) is 27.3. The van der Waals surface area contributed by atoms with Crippen LogP contribution < -0.4 is 24.4 Å². The van der Waals surface area contributed by atoms with Gasteiger partial charge in [0.25, 0.3) is 5.56 Å². The van der Waals surface area contributed by atoms with Gasteiger partial charge in [-0.15, -0.1) is 0 Å². The third-order valence-electron chi connectivity index (χ3n) is 7.32. The standard InChI is InChI=1S/C33H29N3O5S/c1-5-41-32(38)28-29(20-11-7-6-8-12-20)34-33-36(30(28)24-16-15-22(39-3)18-26(24)40-4)31(37)27(42-33)17-21-19-35(2)25-14-10-9-13-23(21)25/h6-19,30H,5H2,1-4H3/b27-17-/t30-/m1/s1. The molecule has 0 N–H and O–H groups in total. The maximum atomic E-state index is 14.3. The molecule has 0 unspecified atom stereocenters. The van der Waals surface area contributed by atoms with E-state index in [1.807, 2.05) is 84.6 Å². The molecule has 0 spiro atoms. The molecule has 0 saturated carbocycles. The zero-order valence-corrected chi connectivity index (χ0v) is 24.5. The molecular weight excluding hydrogens is 550 g/mol. The molecular formula is C33H29N3O5S. The predicted octanol–water partition coefficient (Wildman–Crippen LogP) is 4.44. The number of hydrogen-bond donors (Lipinski definition) is 0. The van der Waals surface area contributed by atoms with Gasteiger partial charge in [-0.05, 0) is 31.2 Å². The fraction of sp³-hybridized carbons (Fsp3) is 0.182. The van der Waals surface area contributed by atoms with Crippen LogP contribution in [0, 0.1) is 0 Å². The van der Waals surface area contributed by atoms with Crippen LogP contribution in [-0.4, -0.2) is 35.9 Å². The van der Waals surface area contributed by atoms with Crippen LogP contribution in [0.1, 0.15) is 29.7 Å². The van der Waals surface area contributed by atoms with Crippen molar-refractivity contribution < 1.29 is 19.0 Å². The minimum absolute atomic E-state index is 0.169. The summed E-state index contributed by atoms with van der Waals surface area (Å²) in [5.74, 6) is 0.509. The summed E-state index contributed by atoms with van der Waals surface area (Å²) in [5, 5.41) is 1.04. The first-order valence-corrected chi connectivity index (χ1v) is 14.3. The molecule has 0 aliphatic carbocycles. The minimum atomic E-state index is -0.856. The molecule has 3 aromatic carbocycles. The second-order valence-electron chi connectivity index (χ2n) is 9.75. The second-order valence-corrected chi connectivity index (χ2v) is 10.8. The van der Waals surface area contributed by atoms with Crippen molar-refractivity contribution in [2.45, 2.75) is 13.0 Å². The molecule has 5 aromatic rings. The summed E-state index contributed by atoms with van der Waals surface area (Å²) in [6.07, 6.45) is 3.90. The lowest BCUT2D eigenvalue weighted by molar-refractivity contribution is -0.138. The highest BCUT2D eigenvalue weighted by molar-refractivity contribution is 7.07. The third-order valence-corrected chi connectivity index (χ3v) is 8.31. The SMILES string of the molecule is CCOC(=O)C1=C(c2ccccc2)N=c2s/c(=C\c3cn(C)c4ccccc34)c(=O)n2[C@@H]1c1ccc(OC)cc1OC. The first-order chi connectivity index (χ1) is 20.4. The smallest absolute Gasteiger partial charge is 0.338 e. The first-order valence-electron chi connectivity index (χ1n) is 13.5. The highest BCUT2D eigenvalue weighted by Gasteiger charge is 2.36. The average molecular weight is 580 g/mol. The van der Waals surface area contributed by atoms with Crippen molar-refractivity contribution in [3.8, 4) is 11.5 Å². The lowest BCUT2D eigenvalue weighted by Crippen LogP contribution is -2.40. The number of fused-ring (bicyclic) bond motifs is 2. The Morgan fingerprint density at radius 2 is 1.79 bits per heavy atom. The van der Waals surface area contributed by atoms with Crippen LogP contribution in [0.25, 0.3) is 22.7 Å². The van der Waals surface area contributed by atoms with Gasteiger partial charge in [0.2, 0.25) is 0 Å². The van der Waals surface area contributed by atoms with Gasteiger partial charge in [0.15, 0.2) is 4.80 Å². The average Bonchev–Trinajstić information content (AvgIpc) is 3.51. The summed E-state index contributed by atoms with van der Waals surface area (Å²) < 4.78 is 20.9. The van der Waals surface area contributed by atoms with E-state index in [1.165, 1.54) is 11.3 Å². The van der Waals surface area contributed by atoms with Crippen molar-refractivity contribution in [2.75, 3.05) is 20.8 Å². The van der Waals surface area contributed by atoms with Crippen LogP contribution in [0.3, 0.4) is 0 Å². The highest BCUT2D eigenvalue weighted by Crippen LogP contribution is 2.40. The van der Waals surface area contributed by atoms with Crippen LogP contribution in [0.2, 0.25) is 0 Å². The summed E-state index contributed by atoms with van der Waals surface area (Å²) in [4.78, 5) is 33.4. The molecule has 1 atom stereocenters. The van der Waals surface area contributed by atoms with E-state index in [0.717, 1.165) is 22.0 Å². The van der Waals surface area contributed by atoms with Crippen LogP contribution in [0.5, 0.6) is 11.5 Å². The van der Waals surface area contributed by atoms with Gasteiger partial charge in [-0.1, -0.05) is 59.9 Å².